The Morgan fingerprint density at radius 2 is 1.86 bits per heavy atom. The first kappa shape index (κ1) is 16.0. The first-order valence-corrected chi connectivity index (χ1v) is 7.01. The van der Waals surface area contributed by atoms with Crippen LogP contribution < -0.4 is 5.73 Å². The summed E-state index contributed by atoms with van der Waals surface area (Å²) in [5, 5.41) is 4.94. The summed E-state index contributed by atoms with van der Waals surface area (Å²) >= 11 is 6.12. The highest BCUT2D eigenvalue weighted by Crippen LogP contribution is 2.22. The summed E-state index contributed by atoms with van der Waals surface area (Å²) < 4.78 is 6.63. The van der Waals surface area contributed by atoms with E-state index in [4.69, 9.17) is 22.1 Å². The number of rotatable bonds is 4. The van der Waals surface area contributed by atoms with Crippen LogP contribution >= 0.6 is 11.6 Å². The number of hydrogen-bond donors (Lipinski definition) is 1. The molecule has 1 heterocycles. The van der Waals surface area contributed by atoms with Gasteiger partial charge in [0.15, 0.2) is 6.10 Å². The first-order chi connectivity index (χ1) is 10.3. The summed E-state index contributed by atoms with van der Waals surface area (Å²) in [6.45, 7) is 5.11. The molecule has 7 heteroatoms. The molecule has 2 aromatic rings. The van der Waals surface area contributed by atoms with Gasteiger partial charge >= 0.3 is 5.97 Å². The molecule has 1 amide bonds. The molecule has 22 heavy (non-hydrogen) atoms. The second kappa shape index (κ2) is 6.19. The fourth-order valence-electron chi connectivity index (χ4n) is 1.90. The van der Waals surface area contributed by atoms with Crippen LogP contribution in [-0.4, -0.2) is 27.8 Å². The molecule has 2 N–H and O–H groups in total. The van der Waals surface area contributed by atoms with Gasteiger partial charge < -0.3 is 10.5 Å². The number of benzene rings is 1. The highest BCUT2D eigenvalue weighted by molar-refractivity contribution is 6.31. The number of esters is 1. The minimum Gasteiger partial charge on any atom is -0.449 e. The van der Waals surface area contributed by atoms with Crippen molar-refractivity contribution in [3.8, 4) is 5.69 Å². The second-order valence-electron chi connectivity index (χ2n) is 4.89. The van der Waals surface area contributed by atoms with E-state index in [-0.39, 0.29) is 0 Å². The highest BCUT2D eigenvalue weighted by Gasteiger charge is 2.16. The minimum atomic E-state index is -0.970. The van der Waals surface area contributed by atoms with Gasteiger partial charge in [-0.05, 0) is 45.0 Å². The predicted octanol–water partition coefficient (Wildman–Crippen LogP) is 2.17. The second-order valence-corrected chi connectivity index (χ2v) is 5.27. The minimum absolute atomic E-state index is 0.324. The highest BCUT2D eigenvalue weighted by atomic mass is 35.5. The van der Waals surface area contributed by atoms with Gasteiger partial charge in [-0.25, -0.2) is 9.48 Å². The SMILES string of the molecule is Cc1nn(-c2ccc(C(=O)OC(C)C(N)=O)cc2)c(C)c1Cl. The van der Waals surface area contributed by atoms with Crippen LogP contribution in [0.2, 0.25) is 5.02 Å². The van der Waals surface area contributed by atoms with Crippen molar-refractivity contribution in [2.45, 2.75) is 26.9 Å². The van der Waals surface area contributed by atoms with Gasteiger partial charge in [0.2, 0.25) is 0 Å². The van der Waals surface area contributed by atoms with Crippen molar-refractivity contribution in [1.82, 2.24) is 9.78 Å². The van der Waals surface area contributed by atoms with E-state index in [0.29, 0.717) is 10.6 Å². The monoisotopic (exact) mass is 321 g/mol. The van der Waals surface area contributed by atoms with Crippen LogP contribution in [0, 0.1) is 13.8 Å². The lowest BCUT2D eigenvalue weighted by atomic mass is 10.2. The van der Waals surface area contributed by atoms with E-state index in [1.165, 1.54) is 6.92 Å². The predicted molar refractivity (Wildman–Crippen MR) is 82.1 cm³/mol. The zero-order chi connectivity index (χ0) is 16.4. The van der Waals surface area contributed by atoms with E-state index in [0.717, 1.165) is 17.1 Å². The molecule has 1 aromatic heterocycles. The maximum Gasteiger partial charge on any atom is 0.338 e. The lowest BCUT2D eigenvalue weighted by Gasteiger charge is -2.10. The molecule has 1 atom stereocenters. The quantitative estimate of drug-likeness (QED) is 0.874. The maximum absolute atomic E-state index is 11.9. The molecule has 0 bridgehead atoms. The van der Waals surface area contributed by atoms with Crippen LogP contribution in [0.25, 0.3) is 5.69 Å². The van der Waals surface area contributed by atoms with Crippen LogP contribution in [0.1, 0.15) is 28.7 Å². The summed E-state index contributed by atoms with van der Waals surface area (Å²) in [6, 6.07) is 6.63. The van der Waals surface area contributed by atoms with E-state index in [1.54, 1.807) is 28.9 Å². The van der Waals surface area contributed by atoms with Gasteiger partial charge in [0, 0.05) is 0 Å². The fourth-order valence-corrected chi connectivity index (χ4v) is 2.02. The third-order valence-electron chi connectivity index (χ3n) is 3.24. The summed E-state index contributed by atoms with van der Waals surface area (Å²) in [5.74, 6) is -1.30. The number of carbonyl (C=O) groups is 2. The third-order valence-corrected chi connectivity index (χ3v) is 3.78. The van der Waals surface area contributed by atoms with Crippen molar-refractivity contribution >= 4 is 23.5 Å². The van der Waals surface area contributed by atoms with Gasteiger partial charge in [0.05, 0.1) is 27.7 Å². The van der Waals surface area contributed by atoms with E-state index in [9.17, 15) is 9.59 Å². The van der Waals surface area contributed by atoms with Gasteiger partial charge in [-0.1, -0.05) is 11.6 Å². The van der Waals surface area contributed by atoms with Crippen LogP contribution in [-0.2, 0) is 9.53 Å². The summed E-state index contributed by atoms with van der Waals surface area (Å²) in [7, 11) is 0. The number of amides is 1. The number of halogens is 1. The van der Waals surface area contributed by atoms with E-state index in [1.807, 2.05) is 13.8 Å². The number of aromatic nitrogens is 2. The molecule has 6 nitrogen and oxygen atoms in total. The number of aryl methyl sites for hydroxylation is 1. The number of ether oxygens (including phenoxy) is 1. The summed E-state index contributed by atoms with van der Waals surface area (Å²) in [4.78, 5) is 22.8. The molecule has 0 radical (unpaired) electrons. The molecule has 0 saturated heterocycles. The van der Waals surface area contributed by atoms with Gasteiger partial charge in [-0.3, -0.25) is 4.79 Å². The third kappa shape index (κ3) is 3.12. The number of primary amides is 1. The van der Waals surface area contributed by atoms with Crippen LogP contribution in [0.3, 0.4) is 0 Å². The summed E-state index contributed by atoms with van der Waals surface area (Å²) in [5.41, 5.74) is 7.70. The summed E-state index contributed by atoms with van der Waals surface area (Å²) in [6.07, 6.45) is -0.970. The molecule has 0 saturated carbocycles. The topological polar surface area (TPSA) is 87.2 Å². The number of carbonyl (C=O) groups excluding carboxylic acids is 2. The van der Waals surface area contributed by atoms with E-state index in [2.05, 4.69) is 5.10 Å². The molecule has 0 aliphatic carbocycles. The van der Waals surface area contributed by atoms with Crippen molar-refractivity contribution in [3.05, 3.63) is 46.2 Å². The van der Waals surface area contributed by atoms with Gasteiger partial charge in [0.25, 0.3) is 5.91 Å². The maximum atomic E-state index is 11.9. The molecule has 116 valence electrons. The van der Waals surface area contributed by atoms with E-state index >= 15 is 0 Å². The number of nitrogens with zero attached hydrogens (tertiary/aromatic N) is 2. The Morgan fingerprint density at radius 1 is 1.27 bits per heavy atom. The molecule has 0 aliphatic heterocycles. The van der Waals surface area contributed by atoms with Crippen molar-refractivity contribution < 1.29 is 14.3 Å². The zero-order valence-electron chi connectivity index (χ0n) is 12.5. The largest absolute Gasteiger partial charge is 0.449 e. The van der Waals surface area contributed by atoms with Crippen LogP contribution in [0.4, 0.5) is 0 Å². The van der Waals surface area contributed by atoms with Crippen molar-refractivity contribution in [3.63, 3.8) is 0 Å². The number of nitrogens with two attached hydrogens (primary N) is 1. The Morgan fingerprint density at radius 3 is 2.32 bits per heavy atom. The van der Waals surface area contributed by atoms with Crippen LogP contribution in [0.5, 0.6) is 0 Å². The molecular weight excluding hydrogens is 306 g/mol. The lowest BCUT2D eigenvalue weighted by molar-refractivity contribution is -0.125. The molecule has 0 aliphatic rings. The molecule has 2 rings (SSSR count). The molecule has 1 aromatic carbocycles. The van der Waals surface area contributed by atoms with E-state index < -0.39 is 18.0 Å². The fraction of sp³-hybridized carbons (Fsp3) is 0.267. The van der Waals surface area contributed by atoms with Gasteiger partial charge in [-0.15, -0.1) is 0 Å². The van der Waals surface area contributed by atoms with Crippen molar-refractivity contribution in [1.29, 1.82) is 0 Å². The lowest BCUT2D eigenvalue weighted by Crippen LogP contribution is -2.30. The van der Waals surface area contributed by atoms with Crippen molar-refractivity contribution in [2.24, 2.45) is 5.73 Å². The molecule has 1 unspecified atom stereocenters. The smallest absolute Gasteiger partial charge is 0.338 e. The van der Waals surface area contributed by atoms with Gasteiger partial charge in [0.1, 0.15) is 0 Å². The standard InChI is InChI=1S/C15H16ClN3O3/c1-8-13(16)9(2)19(18-8)12-6-4-11(5-7-12)15(21)22-10(3)14(17)20/h4-7,10H,1-3H3,(H2,17,20). The molecule has 0 fully saturated rings. The average Bonchev–Trinajstić information content (AvgIpc) is 2.75. The molecular formula is C15H16ClN3O3. The first-order valence-electron chi connectivity index (χ1n) is 6.63. The zero-order valence-corrected chi connectivity index (χ0v) is 13.2. The van der Waals surface area contributed by atoms with Crippen LogP contribution in [0.15, 0.2) is 24.3 Å². The normalized spacial score (nSPS) is 12.0. The number of hydrogen-bond acceptors (Lipinski definition) is 4. The average molecular weight is 322 g/mol. The Labute approximate surface area is 132 Å². The molecule has 0 spiro atoms. The Balaban J connectivity index is 2.22. The Kier molecular flexibility index (Phi) is 4.51. The van der Waals surface area contributed by atoms with Crippen molar-refractivity contribution in [2.75, 3.05) is 0 Å². The van der Waals surface area contributed by atoms with Gasteiger partial charge in [-0.2, -0.15) is 5.10 Å². The Hall–Kier alpha value is -2.34. The Bertz CT molecular complexity index is 722.